The Labute approximate surface area is 211 Å². The summed E-state index contributed by atoms with van der Waals surface area (Å²) in [5.41, 5.74) is 1.66. The number of nitrogens with zero attached hydrogens (tertiary/aromatic N) is 2. The van der Waals surface area contributed by atoms with Crippen LogP contribution < -0.4 is 14.4 Å². The molecule has 1 aliphatic rings. The highest BCUT2D eigenvalue weighted by Crippen LogP contribution is 2.47. The van der Waals surface area contributed by atoms with Crippen LogP contribution in [0.5, 0.6) is 17.2 Å². The average Bonchev–Trinajstić information content (AvgIpc) is 3.00. The van der Waals surface area contributed by atoms with Gasteiger partial charge in [-0.2, -0.15) is 0 Å². The molecule has 1 heterocycles. The molecule has 0 bridgehead atoms. The van der Waals surface area contributed by atoms with Crippen molar-refractivity contribution in [1.82, 2.24) is 4.90 Å². The Morgan fingerprint density at radius 1 is 0.943 bits per heavy atom. The van der Waals surface area contributed by atoms with Crippen LogP contribution in [0.15, 0.2) is 77.7 Å². The number of para-hydroxylation sites is 1. The molecule has 1 amide bonds. The van der Waals surface area contributed by atoms with Crippen molar-refractivity contribution in [3.8, 4) is 17.2 Å². The molecule has 0 aliphatic carbocycles. The smallest absolute Gasteiger partial charge is 0.257 e. The number of rotatable bonds is 9. The fourth-order valence-electron chi connectivity index (χ4n) is 4.16. The Kier molecular flexibility index (Phi) is 8.33. The van der Waals surface area contributed by atoms with E-state index in [2.05, 4.69) is 18.7 Å². The van der Waals surface area contributed by atoms with Crippen LogP contribution >= 0.6 is 11.8 Å². The number of aliphatic hydroxyl groups excluding tert-OH is 1. The Balaban J connectivity index is 1.71. The highest BCUT2D eigenvalue weighted by Gasteiger charge is 2.37. The summed E-state index contributed by atoms with van der Waals surface area (Å²) in [6, 6.07) is 22.9. The molecular formula is C28H32N2O4S. The van der Waals surface area contributed by atoms with Gasteiger partial charge in [-0.1, -0.05) is 44.2 Å². The highest BCUT2D eigenvalue weighted by atomic mass is 32.2. The fourth-order valence-corrected chi connectivity index (χ4v) is 5.46. The number of thioether (sulfide) groups is 1. The zero-order valence-electron chi connectivity index (χ0n) is 20.4. The Hall–Kier alpha value is -3.00. The van der Waals surface area contributed by atoms with Crippen LogP contribution in [0.25, 0.3) is 0 Å². The van der Waals surface area contributed by atoms with E-state index in [0.29, 0.717) is 12.3 Å². The molecule has 0 spiro atoms. The van der Waals surface area contributed by atoms with E-state index in [0.717, 1.165) is 47.3 Å². The molecule has 0 unspecified atom stereocenters. The summed E-state index contributed by atoms with van der Waals surface area (Å²) in [6.07, 6.45) is -1.18. The molecule has 0 saturated carbocycles. The van der Waals surface area contributed by atoms with Crippen LogP contribution in [-0.4, -0.2) is 55.3 Å². The van der Waals surface area contributed by atoms with Crippen molar-refractivity contribution < 1.29 is 19.4 Å². The molecule has 1 N–H and O–H groups in total. The van der Waals surface area contributed by atoms with Crippen LogP contribution in [0, 0.1) is 0 Å². The first-order chi connectivity index (χ1) is 17.0. The predicted octanol–water partition coefficient (Wildman–Crippen LogP) is 5.37. The van der Waals surface area contributed by atoms with Crippen molar-refractivity contribution >= 4 is 23.4 Å². The molecule has 0 radical (unpaired) electrons. The minimum absolute atomic E-state index is 0.291. The van der Waals surface area contributed by atoms with Crippen LogP contribution in [0.4, 0.5) is 5.69 Å². The number of carbonyl (C=O) groups is 1. The van der Waals surface area contributed by atoms with Gasteiger partial charge >= 0.3 is 0 Å². The monoisotopic (exact) mass is 492 g/mol. The molecule has 1 aliphatic heterocycles. The van der Waals surface area contributed by atoms with E-state index in [-0.39, 0.29) is 5.91 Å². The summed E-state index contributed by atoms with van der Waals surface area (Å²) >= 11 is 1.48. The van der Waals surface area contributed by atoms with E-state index < -0.39 is 11.4 Å². The van der Waals surface area contributed by atoms with Gasteiger partial charge in [-0.15, -0.1) is 11.8 Å². The molecule has 7 heteroatoms. The first kappa shape index (κ1) is 25.1. The number of carbonyl (C=O) groups excluding carboxylic acids is 1. The summed E-state index contributed by atoms with van der Waals surface area (Å²) in [4.78, 5) is 18.5. The van der Waals surface area contributed by atoms with Gasteiger partial charge in [0.05, 0.1) is 18.0 Å². The van der Waals surface area contributed by atoms with Crippen molar-refractivity contribution in [1.29, 1.82) is 0 Å². The fraction of sp³-hybridized carbons (Fsp3) is 0.321. The third-order valence-corrected chi connectivity index (χ3v) is 7.60. The lowest BCUT2D eigenvalue weighted by Gasteiger charge is -2.28. The maximum Gasteiger partial charge on any atom is 0.257 e. The highest BCUT2D eigenvalue weighted by molar-refractivity contribution is 7.99. The van der Waals surface area contributed by atoms with Gasteiger partial charge in [0.15, 0.2) is 0 Å². The summed E-state index contributed by atoms with van der Waals surface area (Å²) in [5, 5.41) is 10.8. The normalized spacial score (nSPS) is 17.7. The third kappa shape index (κ3) is 5.81. The second-order valence-electron chi connectivity index (χ2n) is 8.32. The van der Waals surface area contributed by atoms with Crippen LogP contribution in [0.3, 0.4) is 0 Å². The van der Waals surface area contributed by atoms with Gasteiger partial charge in [-0.25, -0.2) is 0 Å². The summed E-state index contributed by atoms with van der Waals surface area (Å²) in [7, 11) is 1.62. The van der Waals surface area contributed by atoms with E-state index in [9.17, 15) is 9.90 Å². The van der Waals surface area contributed by atoms with Crippen molar-refractivity contribution in [2.24, 2.45) is 0 Å². The molecule has 3 aromatic rings. The lowest BCUT2D eigenvalue weighted by molar-refractivity contribution is -0.126. The first-order valence-corrected chi connectivity index (χ1v) is 12.8. The van der Waals surface area contributed by atoms with E-state index >= 15 is 0 Å². The molecule has 2 atom stereocenters. The quantitative estimate of drug-likeness (QED) is 0.433. The number of methoxy groups -OCH3 is 1. The van der Waals surface area contributed by atoms with Gasteiger partial charge in [-0.3, -0.25) is 4.79 Å². The van der Waals surface area contributed by atoms with Gasteiger partial charge in [0.2, 0.25) is 0 Å². The summed E-state index contributed by atoms with van der Waals surface area (Å²) < 4.78 is 11.4. The third-order valence-electron chi connectivity index (χ3n) is 6.24. The minimum atomic E-state index is -1.18. The molecule has 0 fully saturated rings. The van der Waals surface area contributed by atoms with Crippen molar-refractivity contribution in [2.75, 3.05) is 38.2 Å². The van der Waals surface area contributed by atoms with Gasteiger partial charge in [0.25, 0.3) is 5.91 Å². The van der Waals surface area contributed by atoms with Gasteiger partial charge in [0.1, 0.15) is 23.4 Å². The zero-order valence-corrected chi connectivity index (χ0v) is 21.2. The van der Waals surface area contributed by atoms with Crippen molar-refractivity contribution in [3.63, 3.8) is 0 Å². The molecule has 4 rings (SSSR count). The number of fused-ring (bicyclic) bond motifs is 1. The Morgan fingerprint density at radius 3 is 2.29 bits per heavy atom. The predicted molar refractivity (Wildman–Crippen MR) is 141 cm³/mol. The number of benzene rings is 3. The lowest BCUT2D eigenvalue weighted by Crippen LogP contribution is -2.44. The largest absolute Gasteiger partial charge is 0.497 e. The van der Waals surface area contributed by atoms with Crippen LogP contribution in [-0.2, 0) is 4.79 Å². The number of hydrogen-bond donors (Lipinski definition) is 1. The Morgan fingerprint density at radius 2 is 1.63 bits per heavy atom. The molecule has 0 aromatic heterocycles. The van der Waals surface area contributed by atoms with E-state index in [1.165, 1.54) is 11.8 Å². The average molecular weight is 493 g/mol. The SMILES string of the molecule is CCN(CC)CCN1C(=O)[C@H](O)[C@H](c2ccc(OC)cc2)Sc2cc(Oc3ccccc3)ccc21. The van der Waals surface area contributed by atoms with Crippen molar-refractivity contribution in [3.05, 3.63) is 78.4 Å². The molecule has 6 nitrogen and oxygen atoms in total. The maximum absolute atomic E-state index is 13.6. The van der Waals surface area contributed by atoms with E-state index in [1.807, 2.05) is 72.8 Å². The van der Waals surface area contributed by atoms with Gasteiger partial charge in [-0.05, 0) is 61.1 Å². The molecule has 3 aromatic carbocycles. The van der Waals surface area contributed by atoms with E-state index in [1.54, 1.807) is 12.0 Å². The Bertz CT molecular complexity index is 1120. The number of amides is 1. The van der Waals surface area contributed by atoms with Crippen LogP contribution in [0.1, 0.15) is 24.7 Å². The van der Waals surface area contributed by atoms with Gasteiger partial charge in [0, 0.05) is 18.0 Å². The second kappa shape index (κ2) is 11.6. The zero-order chi connectivity index (χ0) is 24.8. The number of likely N-dealkylation sites (N-methyl/N-ethyl adjacent to an activating group) is 1. The lowest BCUT2D eigenvalue weighted by atomic mass is 10.1. The first-order valence-electron chi connectivity index (χ1n) is 11.9. The number of anilines is 1. The van der Waals surface area contributed by atoms with Crippen LogP contribution in [0.2, 0.25) is 0 Å². The molecule has 184 valence electrons. The topological polar surface area (TPSA) is 62.2 Å². The summed E-state index contributed by atoms with van der Waals surface area (Å²) in [6.45, 7) is 7.25. The second-order valence-corrected chi connectivity index (χ2v) is 9.50. The number of hydrogen-bond acceptors (Lipinski definition) is 6. The standard InChI is InChI=1S/C28H32N2O4S/c1-4-29(5-2)17-18-30-24-16-15-23(34-22-9-7-6-8-10-22)19-25(24)35-27(26(31)28(30)32)20-11-13-21(33-3)14-12-20/h6-16,19,26-27,31H,4-5,17-18H2,1-3H3/t26-,27+/m1/s1. The minimum Gasteiger partial charge on any atom is -0.497 e. The van der Waals surface area contributed by atoms with E-state index in [4.69, 9.17) is 9.47 Å². The molecular weight excluding hydrogens is 460 g/mol. The number of aliphatic hydroxyl groups is 1. The maximum atomic E-state index is 13.6. The molecule has 35 heavy (non-hydrogen) atoms. The molecule has 0 saturated heterocycles. The van der Waals surface area contributed by atoms with Crippen molar-refractivity contribution in [2.45, 2.75) is 30.1 Å². The number of ether oxygens (including phenoxy) is 2. The van der Waals surface area contributed by atoms with Gasteiger partial charge < -0.3 is 24.4 Å². The summed E-state index contributed by atoms with van der Waals surface area (Å²) in [5.74, 6) is 1.87.